The van der Waals surface area contributed by atoms with Crippen molar-refractivity contribution in [3.05, 3.63) is 58.8 Å². The standard InChI is InChI=1S/C25H29N5O3/c1-15(2)25(23(32)27-24(33)28-25)19-6-4-17(5-7-19)22(31)29-10-9-20(14-29)30-11-8-18-12-16(3)13-26-21(18)30/h4-7,12-13,15,20H,8-11,14H2,1-3H3,(H2,27,28,32,33)/t20-,25+/m0/s1. The summed E-state index contributed by atoms with van der Waals surface area (Å²) < 4.78 is 0. The Kier molecular flexibility index (Phi) is 5.11. The van der Waals surface area contributed by atoms with Crippen LogP contribution in [0.4, 0.5) is 10.6 Å². The number of benzene rings is 1. The molecule has 2 saturated heterocycles. The molecule has 5 rings (SSSR count). The molecule has 1 aromatic heterocycles. The van der Waals surface area contributed by atoms with E-state index in [1.54, 1.807) is 24.3 Å². The van der Waals surface area contributed by atoms with Crippen LogP contribution in [0, 0.1) is 12.8 Å². The number of fused-ring (bicyclic) bond motifs is 1. The average Bonchev–Trinajstić information content (AvgIpc) is 3.50. The second-order valence-corrected chi connectivity index (χ2v) is 9.58. The molecular weight excluding hydrogens is 418 g/mol. The molecule has 2 N–H and O–H groups in total. The number of carbonyl (C=O) groups is 3. The van der Waals surface area contributed by atoms with Crippen LogP contribution in [0.3, 0.4) is 0 Å². The molecule has 0 saturated carbocycles. The Morgan fingerprint density at radius 1 is 1.18 bits per heavy atom. The molecule has 2 fully saturated rings. The molecule has 172 valence electrons. The van der Waals surface area contributed by atoms with Crippen molar-refractivity contribution in [1.82, 2.24) is 20.5 Å². The molecular formula is C25H29N5O3. The Balaban J connectivity index is 1.30. The summed E-state index contributed by atoms with van der Waals surface area (Å²) in [6.45, 7) is 8.16. The number of urea groups is 1. The maximum absolute atomic E-state index is 13.2. The molecule has 1 aromatic carbocycles. The first-order valence-corrected chi connectivity index (χ1v) is 11.5. The van der Waals surface area contributed by atoms with Gasteiger partial charge in [0, 0.05) is 37.4 Å². The first-order valence-electron chi connectivity index (χ1n) is 11.5. The molecule has 2 atom stereocenters. The summed E-state index contributed by atoms with van der Waals surface area (Å²) in [4.78, 5) is 46.5. The van der Waals surface area contributed by atoms with E-state index in [4.69, 9.17) is 0 Å². The average molecular weight is 448 g/mol. The maximum Gasteiger partial charge on any atom is 0.322 e. The number of aryl methyl sites for hydroxylation is 1. The van der Waals surface area contributed by atoms with Crippen LogP contribution in [-0.2, 0) is 16.8 Å². The number of rotatable bonds is 4. The third-order valence-electron chi connectivity index (χ3n) is 7.21. The second-order valence-electron chi connectivity index (χ2n) is 9.58. The Morgan fingerprint density at radius 3 is 2.61 bits per heavy atom. The van der Waals surface area contributed by atoms with Gasteiger partial charge in [0.1, 0.15) is 11.4 Å². The van der Waals surface area contributed by atoms with Gasteiger partial charge in [0.05, 0.1) is 0 Å². The Bertz CT molecular complexity index is 1130. The molecule has 33 heavy (non-hydrogen) atoms. The number of nitrogens with one attached hydrogen (secondary N) is 2. The topological polar surface area (TPSA) is 94.6 Å². The van der Waals surface area contributed by atoms with Crippen LogP contribution in [0.1, 0.15) is 47.3 Å². The number of hydrogen-bond acceptors (Lipinski definition) is 5. The summed E-state index contributed by atoms with van der Waals surface area (Å²) in [5, 5.41) is 5.12. The number of pyridine rings is 1. The molecule has 3 aliphatic rings. The van der Waals surface area contributed by atoms with E-state index in [0.29, 0.717) is 24.2 Å². The van der Waals surface area contributed by atoms with E-state index in [1.807, 2.05) is 24.9 Å². The van der Waals surface area contributed by atoms with Gasteiger partial charge in [0.25, 0.3) is 11.8 Å². The molecule has 0 bridgehead atoms. The number of anilines is 1. The quantitative estimate of drug-likeness (QED) is 0.702. The summed E-state index contributed by atoms with van der Waals surface area (Å²) in [6.07, 6.45) is 3.83. The number of hydrogen-bond donors (Lipinski definition) is 2. The minimum Gasteiger partial charge on any atom is -0.351 e. The van der Waals surface area contributed by atoms with E-state index in [2.05, 4.69) is 33.5 Å². The van der Waals surface area contributed by atoms with Crippen LogP contribution in [-0.4, -0.2) is 53.4 Å². The molecule has 2 aromatic rings. The molecule has 4 heterocycles. The van der Waals surface area contributed by atoms with Gasteiger partial charge in [-0.15, -0.1) is 0 Å². The minimum absolute atomic E-state index is 0.0150. The van der Waals surface area contributed by atoms with Crippen molar-refractivity contribution in [1.29, 1.82) is 0 Å². The zero-order valence-electron chi connectivity index (χ0n) is 19.2. The highest BCUT2D eigenvalue weighted by Gasteiger charge is 2.50. The van der Waals surface area contributed by atoms with E-state index in [1.165, 1.54) is 11.1 Å². The summed E-state index contributed by atoms with van der Waals surface area (Å²) in [5.74, 6) is 0.531. The highest BCUT2D eigenvalue weighted by atomic mass is 16.2. The Morgan fingerprint density at radius 2 is 1.94 bits per heavy atom. The van der Waals surface area contributed by atoms with Gasteiger partial charge in [0.2, 0.25) is 0 Å². The molecule has 8 nitrogen and oxygen atoms in total. The maximum atomic E-state index is 13.2. The lowest BCUT2D eigenvalue weighted by Gasteiger charge is -2.31. The number of nitrogens with zero attached hydrogens (tertiary/aromatic N) is 3. The number of carbonyl (C=O) groups excluding carboxylic acids is 3. The summed E-state index contributed by atoms with van der Waals surface area (Å²) in [6, 6.07) is 9.03. The van der Waals surface area contributed by atoms with E-state index in [-0.39, 0.29) is 23.8 Å². The largest absolute Gasteiger partial charge is 0.351 e. The lowest BCUT2D eigenvalue weighted by Crippen LogP contribution is -2.48. The summed E-state index contributed by atoms with van der Waals surface area (Å²) in [7, 11) is 0. The lowest BCUT2D eigenvalue weighted by atomic mass is 9.79. The van der Waals surface area contributed by atoms with Gasteiger partial charge in [-0.3, -0.25) is 14.9 Å². The Labute approximate surface area is 193 Å². The fourth-order valence-corrected chi connectivity index (χ4v) is 5.42. The second kappa shape index (κ2) is 7.86. The fraction of sp³-hybridized carbons (Fsp3) is 0.440. The third kappa shape index (κ3) is 3.44. The van der Waals surface area contributed by atoms with Gasteiger partial charge in [0.15, 0.2) is 0 Å². The van der Waals surface area contributed by atoms with Crippen molar-refractivity contribution in [3.63, 3.8) is 0 Å². The highest BCUT2D eigenvalue weighted by molar-refractivity contribution is 6.07. The van der Waals surface area contributed by atoms with Gasteiger partial charge in [-0.05, 0) is 54.5 Å². The van der Waals surface area contributed by atoms with E-state index in [0.717, 1.165) is 25.2 Å². The minimum atomic E-state index is -1.12. The van der Waals surface area contributed by atoms with Crippen LogP contribution in [0.25, 0.3) is 0 Å². The first-order chi connectivity index (χ1) is 15.8. The van der Waals surface area contributed by atoms with Gasteiger partial charge in [-0.1, -0.05) is 32.0 Å². The zero-order valence-corrected chi connectivity index (χ0v) is 19.2. The predicted molar refractivity (Wildman–Crippen MR) is 124 cm³/mol. The SMILES string of the molecule is Cc1cnc2c(c1)CCN2[C@H]1CCN(C(=O)c2ccc([C@@]3(C(C)C)NC(=O)NC3=O)cc2)C1. The summed E-state index contributed by atoms with van der Waals surface area (Å²) >= 11 is 0. The first kappa shape index (κ1) is 21.4. The molecule has 0 aliphatic carbocycles. The van der Waals surface area contributed by atoms with Crippen molar-refractivity contribution >= 4 is 23.7 Å². The van der Waals surface area contributed by atoms with Crippen molar-refractivity contribution < 1.29 is 14.4 Å². The number of imide groups is 1. The highest BCUT2D eigenvalue weighted by Crippen LogP contribution is 2.34. The van der Waals surface area contributed by atoms with E-state index in [9.17, 15) is 14.4 Å². The molecule has 0 unspecified atom stereocenters. The van der Waals surface area contributed by atoms with Gasteiger partial charge in [-0.25, -0.2) is 9.78 Å². The molecule has 0 radical (unpaired) electrons. The zero-order chi connectivity index (χ0) is 23.3. The van der Waals surface area contributed by atoms with E-state index >= 15 is 0 Å². The van der Waals surface area contributed by atoms with E-state index < -0.39 is 11.6 Å². The van der Waals surface area contributed by atoms with Crippen LogP contribution in [0.2, 0.25) is 0 Å². The summed E-state index contributed by atoms with van der Waals surface area (Å²) in [5.41, 5.74) is 2.60. The van der Waals surface area contributed by atoms with Gasteiger partial charge >= 0.3 is 6.03 Å². The predicted octanol–water partition coefficient (Wildman–Crippen LogP) is 2.36. The molecule has 0 spiro atoms. The van der Waals surface area contributed by atoms with Crippen LogP contribution in [0.15, 0.2) is 36.5 Å². The van der Waals surface area contributed by atoms with Crippen molar-refractivity contribution in [3.8, 4) is 0 Å². The van der Waals surface area contributed by atoms with Crippen LogP contribution < -0.4 is 15.5 Å². The lowest BCUT2D eigenvalue weighted by molar-refractivity contribution is -0.125. The number of amides is 4. The van der Waals surface area contributed by atoms with Crippen molar-refractivity contribution in [2.75, 3.05) is 24.5 Å². The normalized spacial score (nSPS) is 24.3. The smallest absolute Gasteiger partial charge is 0.322 e. The van der Waals surface area contributed by atoms with Gasteiger partial charge in [-0.2, -0.15) is 0 Å². The molecule has 3 aliphatic heterocycles. The van der Waals surface area contributed by atoms with Gasteiger partial charge < -0.3 is 15.1 Å². The monoisotopic (exact) mass is 447 g/mol. The number of aromatic nitrogens is 1. The molecule has 4 amide bonds. The fourth-order valence-electron chi connectivity index (χ4n) is 5.42. The number of likely N-dealkylation sites (tertiary alicyclic amines) is 1. The van der Waals surface area contributed by atoms with Crippen LogP contribution >= 0.6 is 0 Å². The Hall–Kier alpha value is -3.42. The van der Waals surface area contributed by atoms with Crippen molar-refractivity contribution in [2.45, 2.75) is 45.2 Å². The molecule has 8 heteroatoms. The van der Waals surface area contributed by atoms with Crippen LogP contribution in [0.5, 0.6) is 0 Å². The van der Waals surface area contributed by atoms with Crippen molar-refractivity contribution in [2.24, 2.45) is 5.92 Å². The third-order valence-corrected chi connectivity index (χ3v) is 7.21.